The third-order valence-electron chi connectivity index (χ3n) is 3.58. The molecule has 6 nitrogen and oxygen atoms in total. The first-order valence-electron chi connectivity index (χ1n) is 7.21. The van der Waals surface area contributed by atoms with Crippen molar-refractivity contribution in [1.82, 2.24) is 9.97 Å². The molecule has 1 heterocycles. The number of anilines is 2. The van der Waals surface area contributed by atoms with Crippen molar-refractivity contribution in [3.8, 4) is 5.75 Å². The Bertz CT molecular complexity index is 808. The topological polar surface area (TPSA) is 96.3 Å². The minimum atomic E-state index is -0.178. The average Bonchev–Trinajstić information content (AvgIpc) is 2.56. The molecule has 23 heavy (non-hydrogen) atoms. The molecule has 0 saturated carbocycles. The van der Waals surface area contributed by atoms with E-state index >= 15 is 0 Å². The maximum Gasteiger partial charge on any atom is 0.222 e. The Morgan fingerprint density at radius 3 is 2.52 bits per heavy atom. The van der Waals surface area contributed by atoms with Gasteiger partial charge >= 0.3 is 0 Å². The standard InChI is InChI=1S/C17H18N4O2/c1-22-14(11-6-3-2-4-7-11)10-23-13-9-5-8-12-15(13)16(18)21-17(19)20-12/h2-9,14H,10H2,1H3,(H4,18,19,20,21). The summed E-state index contributed by atoms with van der Waals surface area (Å²) in [5.41, 5.74) is 13.3. The van der Waals surface area contributed by atoms with Gasteiger partial charge in [0.15, 0.2) is 0 Å². The quantitative estimate of drug-likeness (QED) is 0.752. The molecule has 1 atom stereocenters. The highest BCUT2D eigenvalue weighted by Gasteiger charge is 2.14. The highest BCUT2D eigenvalue weighted by molar-refractivity contribution is 5.94. The van der Waals surface area contributed by atoms with Crippen molar-refractivity contribution >= 4 is 22.7 Å². The molecule has 0 bridgehead atoms. The van der Waals surface area contributed by atoms with Gasteiger partial charge in [0.2, 0.25) is 5.95 Å². The van der Waals surface area contributed by atoms with Gasteiger partial charge in [0.05, 0.1) is 10.9 Å². The summed E-state index contributed by atoms with van der Waals surface area (Å²) >= 11 is 0. The number of methoxy groups -OCH3 is 1. The van der Waals surface area contributed by atoms with Gasteiger partial charge in [0.1, 0.15) is 24.3 Å². The zero-order valence-electron chi connectivity index (χ0n) is 12.8. The van der Waals surface area contributed by atoms with Crippen LogP contribution in [0.2, 0.25) is 0 Å². The molecule has 0 fully saturated rings. The summed E-state index contributed by atoms with van der Waals surface area (Å²) in [6, 6.07) is 15.4. The van der Waals surface area contributed by atoms with E-state index in [2.05, 4.69) is 9.97 Å². The third kappa shape index (κ3) is 3.17. The second-order valence-electron chi connectivity index (χ2n) is 5.06. The van der Waals surface area contributed by atoms with Gasteiger partial charge in [0, 0.05) is 7.11 Å². The van der Waals surface area contributed by atoms with E-state index < -0.39 is 0 Å². The van der Waals surface area contributed by atoms with Crippen LogP contribution in [-0.4, -0.2) is 23.7 Å². The molecule has 1 aromatic heterocycles. The lowest BCUT2D eigenvalue weighted by atomic mass is 10.1. The zero-order valence-corrected chi connectivity index (χ0v) is 12.8. The summed E-state index contributed by atoms with van der Waals surface area (Å²) in [7, 11) is 1.66. The molecule has 6 heteroatoms. The van der Waals surface area contributed by atoms with Gasteiger partial charge in [-0.2, -0.15) is 4.98 Å². The smallest absolute Gasteiger partial charge is 0.222 e. The summed E-state index contributed by atoms with van der Waals surface area (Å²) in [5.74, 6) is 1.06. The second kappa shape index (κ2) is 6.50. The highest BCUT2D eigenvalue weighted by Crippen LogP contribution is 2.30. The van der Waals surface area contributed by atoms with Crippen molar-refractivity contribution < 1.29 is 9.47 Å². The summed E-state index contributed by atoms with van der Waals surface area (Å²) in [6.07, 6.45) is -0.178. The minimum absolute atomic E-state index is 0.145. The van der Waals surface area contributed by atoms with E-state index in [4.69, 9.17) is 20.9 Å². The van der Waals surface area contributed by atoms with Gasteiger partial charge in [-0.15, -0.1) is 0 Å². The van der Waals surface area contributed by atoms with Gasteiger partial charge < -0.3 is 20.9 Å². The van der Waals surface area contributed by atoms with Gasteiger partial charge in [-0.05, 0) is 17.7 Å². The van der Waals surface area contributed by atoms with Crippen molar-refractivity contribution in [2.45, 2.75) is 6.10 Å². The lowest BCUT2D eigenvalue weighted by molar-refractivity contribution is 0.0581. The molecule has 2 aromatic carbocycles. The van der Waals surface area contributed by atoms with Crippen LogP contribution in [0.4, 0.5) is 11.8 Å². The molecule has 0 aliphatic rings. The molecule has 3 aromatic rings. The Balaban J connectivity index is 1.87. The molecule has 4 N–H and O–H groups in total. The number of nitrogens with zero attached hydrogens (tertiary/aromatic N) is 2. The predicted octanol–water partition coefficient (Wildman–Crippen LogP) is 2.56. The minimum Gasteiger partial charge on any atom is -0.490 e. The van der Waals surface area contributed by atoms with Crippen molar-refractivity contribution in [2.24, 2.45) is 0 Å². The number of hydrogen-bond acceptors (Lipinski definition) is 6. The van der Waals surface area contributed by atoms with Crippen LogP contribution in [0.3, 0.4) is 0 Å². The molecule has 0 aliphatic heterocycles. The third-order valence-corrected chi connectivity index (χ3v) is 3.58. The predicted molar refractivity (Wildman–Crippen MR) is 90.0 cm³/mol. The summed E-state index contributed by atoms with van der Waals surface area (Å²) < 4.78 is 11.4. The van der Waals surface area contributed by atoms with Crippen LogP contribution in [-0.2, 0) is 4.74 Å². The second-order valence-corrected chi connectivity index (χ2v) is 5.06. The lowest BCUT2D eigenvalue weighted by Gasteiger charge is -2.17. The van der Waals surface area contributed by atoms with E-state index in [1.807, 2.05) is 48.5 Å². The van der Waals surface area contributed by atoms with E-state index in [-0.39, 0.29) is 12.1 Å². The molecule has 1 unspecified atom stereocenters. The molecule has 0 radical (unpaired) electrons. The van der Waals surface area contributed by atoms with Crippen molar-refractivity contribution in [2.75, 3.05) is 25.2 Å². The van der Waals surface area contributed by atoms with Crippen molar-refractivity contribution in [3.63, 3.8) is 0 Å². The van der Waals surface area contributed by atoms with Crippen molar-refractivity contribution in [1.29, 1.82) is 0 Å². The summed E-state index contributed by atoms with van der Waals surface area (Å²) in [4.78, 5) is 8.18. The largest absolute Gasteiger partial charge is 0.490 e. The molecule has 3 rings (SSSR count). The summed E-state index contributed by atoms with van der Waals surface area (Å²) in [6.45, 7) is 0.351. The van der Waals surface area contributed by atoms with Crippen LogP contribution in [0.15, 0.2) is 48.5 Å². The van der Waals surface area contributed by atoms with Crippen LogP contribution >= 0.6 is 0 Å². The number of rotatable bonds is 5. The molecular weight excluding hydrogens is 292 g/mol. The normalized spacial score (nSPS) is 12.2. The maximum absolute atomic E-state index is 5.97. The fourth-order valence-corrected chi connectivity index (χ4v) is 2.45. The first-order chi connectivity index (χ1) is 11.2. The van der Waals surface area contributed by atoms with Crippen LogP contribution in [0.25, 0.3) is 10.9 Å². The number of aromatic nitrogens is 2. The van der Waals surface area contributed by atoms with E-state index in [1.165, 1.54) is 0 Å². The number of hydrogen-bond donors (Lipinski definition) is 2. The maximum atomic E-state index is 5.97. The fourth-order valence-electron chi connectivity index (χ4n) is 2.45. The Kier molecular flexibility index (Phi) is 4.25. The highest BCUT2D eigenvalue weighted by atomic mass is 16.5. The number of benzene rings is 2. The molecular formula is C17H18N4O2. The van der Waals surface area contributed by atoms with E-state index in [0.717, 1.165) is 5.56 Å². The van der Waals surface area contributed by atoms with Gasteiger partial charge in [0.25, 0.3) is 0 Å². The zero-order chi connectivity index (χ0) is 16.2. The SMILES string of the molecule is COC(COc1cccc2nc(N)nc(N)c12)c1ccccc1. The molecule has 118 valence electrons. The van der Waals surface area contributed by atoms with Gasteiger partial charge in [-0.3, -0.25) is 0 Å². The number of nitrogens with two attached hydrogens (primary N) is 2. The Morgan fingerprint density at radius 1 is 1.00 bits per heavy atom. The Labute approximate surface area is 134 Å². The summed E-state index contributed by atoms with van der Waals surface area (Å²) in [5, 5.41) is 0.657. The first-order valence-corrected chi connectivity index (χ1v) is 7.21. The van der Waals surface area contributed by atoms with Crippen LogP contribution in [0, 0.1) is 0 Å². The van der Waals surface area contributed by atoms with Gasteiger partial charge in [-0.1, -0.05) is 36.4 Å². The lowest BCUT2D eigenvalue weighted by Crippen LogP contribution is -2.13. The number of nitrogen functional groups attached to an aromatic ring is 2. The average molecular weight is 310 g/mol. The van der Waals surface area contributed by atoms with E-state index in [0.29, 0.717) is 29.1 Å². The van der Waals surface area contributed by atoms with Crippen LogP contribution in [0.5, 0.6) is 5.75 Å². The number of fused-ring (bicyclic) bond motifs is 1. The first kappa shape index (κ1) is 15.1. The number of ether oxygens (including phenoxy) is 2. The van der Waals surface area contributed by atoms with E-state index in [9.17, 15) is 0 Å². The molecule has 0 aliphatic carbocycles. The van der Waals surface area contributed by atoms with Gasteiger partial charge in [-0.25, -0.2) is 4.98 Å². The molecule has 0 amide bonds. The fraction of sp³-hybridized carbons (Fsp3) is 0.176. The van der Waals surface area contributed by atoms with Crippen LogP contribution in [0.1, 0.15) is 11.7 Å². The monoisotopic (exact) mass is 310 g/mol. The van der Waals surface area contributed by atoms with Crippen molar-refractivity contribution in [3.05, 3.63) is 54.1 Å². The molecule has 0 saturated heterocycles. The Hall–Kier alpha value is -2.86. The van der Waals surface area contributed by atoms with E-state index in [1.54, 1.807) is 7.11 Å². The Morgan fingerprint density at radius 2 is 1.78 bits per heavy atom. The molecule has 0 spiro atoms. The van der Waals surface area contributed by atoms with Crippen LogP contribution < -0.4 is 16.2 Å².